The maximum absolute atomic E-state index is 13.1. The van der Waals surface area contributed by atoms with E-state index in [1.807, 2.05) is 13.0 Å². The average Bonchev–Trinajstić information content (AvgIpc) is 3.36. The van der Waals surface area contributed by atoms with Crippen molar-refractivity contribution in [2.75, 3.05) is 26.2 Å². The first kappa shape index (κ1) is 20.0. The first-order valence-electron chi connectivity index (χ1n) is 9.96. The quantitative estimate of drug-likeness (QED) is 0.805. The molecule has 1 atom stereocenters. The summed E-state index contributed by atoms with van der Waals surface area (Å²) in [7, 11) is -3.48. The summed E-state index contributed by atoms with van der Waals surface area (Å²) in [6, 6.07) is 8.14. The SMILES string of the molecule is CCN1CC(S(=O)(=O)N2CCC(c3cc(-c4ccc(F)cc4)n[nH]3)CC2)CC1=O. The van der Waals surface area contributed by atoms with Crippen LogP contribution in [0.3, 0.4) is 0 Å². The minimum atomic E-state index is -3.48. The normalized spacial score (nSPS) is 21.8. The van der Waals surface area contributed by atoms with E-state index >= 15 is 0 Å². The van der Waals surface area contributed by atoms with Crippen molar-refractivity contribution >= 4 is 15.9 Å². The lowest BCUT2D eigenvalue weighted by molar-refractivity contribution is -0.127. The Bertz CT molecular complexity index is 981. The highest BCUT2D eigenvalue weighted by Crippen LogP contribution is 2.32. The number of halogens is 1. The van der Waals surface area contributed by atoms with Crippen LogP contribution in [0.2, 0.25) is 0 Å². The molecule has 9 heteroatoms. The van der Waals surface area contributed by atoms with Crippen LogP contribution in [0.4, 0.5) is 4.39 Å². The van der Waals surface area contributed by atoms with Gasteiger partial charge in [0, 0.05) is 49.8 Å². The zero-order valence-corrected chi connectivity index (χ0v) is 17.2. The molecule has 1 aromatic heterocycles. The van der Waals surface area contributed by atoms with Gasteiger partial charge in [0.25, 0.3) is 0 Å². The molecule has 1 unspecified atom stereocenters. The van der Waals surface area contributed by atoms with E-state index in [9.17, 15) is 17.6 Å². The van der Waals surface area contributed by atoms with Crippen LogP contribution in [-0.4, -0.2) is 65.2 Å². The van der Waals surface area contributed by atoms with Crippen molar-refractivity contribution < 1.29 is 17.6 Å². The molecule has 1 amide bonds. The number of aromatic amines is 1. The van der Waals surface area contributed by atoms with Gasteiger partial charge >= 0.3 is 0 Å². The number of aromatic nitrogens is 2. The molecule has 2 fully saturated rings. The van der Waals surface area contributed by atoms with Crippen LogP contribution in [0.5, 0.6) is 0 Å². The minimum absolute atomic E-state index is 0.0810. The molecule has 156 valence electrons. The largest absolute Gasteiger partial charge is 0.342 e. The second-order valence-corrected chi connectivity index (χ2v) is 9.91. The molecular formula is C20H25FN4O3S. The fourth-order valence-electron chi connectivity index (χ4n) is 4.19. The monoisotopic (exact) mass is 420 g/mol. The lowest BCUT2D eigenvalue weighted by Crippen LogP contribution is -2.44. The van der Waals surface area contributed by atoms with Crippen LogP contribution in [0, 0.1) is 5.82 Å². The summed E-state index contributed by atoms with van der Waals surface area (Å²) in [5.74, 6) is -0.175. The van der Waals surface area contributed by atoms with Gasteiger partial charge in [-0.1, -0.05) is 0 Å². The van der Waals surface area contributed by atoms with Gasteiger partial charge in [0.1, 0.15) is 11.1 Å². The van der Waals surface area contributed by atoms with Crippen LogP contribution in [0.15, 0.2) is 30.3 Å². The van der Waals surface area contributed by atoms with E-state index in [0.717, 1.165) is 17.0 Å². The lowest BCUT2D eigenvalue weighted by atomic mass is 9.94. The number of carbonyl (C=O) groups is 1. The predicted molar refractivity (Wildman–Crippen MR) is 107 cm³/mol. The number of likely N-dealkylation sites (tertiary alicyclic amines) is 1. The highest BCUT2D eigenvalue weighted by atomic mass is 32.2. The van der Waals surface area contributed by atoms with Crippen LogP contribution in [-0.2, 0) is 14.8 Å². The van der Waals surface area contributed by atoms with E-state index in [1.54, 1.807) is 17.0 Å². The second-order valence-electron chi connectivity index (χ2n) is 7.69. The maximum atomic E-state index is 13.1. The van der Waals surface area contributed by atoms with E-state index in [2.05, 4.69) is 10.2 Å². The van der Waals surface area contributed by atoms with Crippen molar-refractivity contribution in [1.29, 1.82) is 0 Å². The molecule has 2 aliphatic rings. The molecule has 1 N–H and O–H groups in total. The van der Waals surface area contributed by atoms with Crippen molar-refractivity contribution in [2.24, 2.45) is 0 Å². The fraction of sp³-hybridized carbons (Fsp3) is 0.500. The zero-order chi connectivity index (χ0) is 20.6. The van der Waals surface area contributed by atoms with Gasteiger partial charge in [0.15, 0.2) is 0 Å². The molecule has 1 aromatic carbocycles. The van der Waals surface area contributed by atoms with E-state index in [4.69, 9.17) is 0 Å². The third-order valence-corrected chi connectivity index (χ3v) is 8.22. The van der Waals surface area contributed by atoms with Gasteiger partial charge in [0.05, 0.1) is 5.69 Å². The number of benzene rings is 1. The third-order valence-electron chi connectivity index (χ3n) is 5.97. The molecule has 0 spiro atoms. The molecule has 0 bridgehead atoms. The van der Waals surface area contributed by atoms with Crippen molar-refractivity contribution in [1.82, 2.24) is 19.4 Å². The Balaban J connectivity index is 1.40. The molecule has 2 saturated heterocycles. The molecule has 4 rings (SSSR count). The van der Waals surface area contributed by atoms with E-state index in [1.165, 1.54) is 16.4 Å². The Kier molecular flexibility index (Phi) is 5.44. The van der Waals surface area contributed by atoms with Crippen molar-refractivity contribution in [3.05, 3.63) is 41.8 Å². The van der Waals surface area contributed by atoms with Gasteiger partial charge < -0.3 is 4.90 Å². The summed E-state index contributed by atoms with van der Waals surface area (Å²) in [4.78, 5) is 13.5. The zero-order valence-electron chi connectivity index (χ0n) is 16.3. The molecule has 0 aliphatic carbocycles. The summed E-state index contributed by atoms with van der Waals surface area (Å²) in [5.41, 5.74) is 2.55. The summed E-state index contributed by atoms with van der Waals surface area (Å²) in [5, 5.41) is 6.74. The number of nitrogens with zero attached hydrogens (tertiary/aromatic N) is 3. The van der Waals surface area contributed by atoms with Crippen LogP contribution < -0.4 is 0 Å². The number of hydrogen-bond donors (Lipinski definition) is 1. The number of amides is 1. The predicted octanol–water partition coefficient (Wildman–Crippen LogP) is 2.35. The first-order chi connectivity index (χ1) is 13.9. The number of carbonyl (C=O) groups excluding carboxylic acids is 1. The highest BCUT2D eigenvalue weighted by molar-refractivity contribution is 7.89. The number of H-pyrrole nitrogens is 1. The van der Waals surface area contributed by atoms with Crippen molar-refractivity contribution in [3.8, 4) is 11.3 Å². The summed E-state index contributed by atoms with van der Waals surface area (Å²) in [6.07, 6.45) is 1.47. The molecule has 2 aliphatic heterocycles. The summed E-state index contributed by atoms with van der Waals surface area (Å²) < 4.78 is 40.5. The topological polar surface area (TPSA) is 86.4 Å². The number of hydrogen-bond acceptors (Lipinski definition) is 4. The van der Waals surface area contributed by atoms with Gasteiger partial charge in [-0.3, -0.25) is 9.89 Å². The fourth-order valence-corrected chi connectivity index (χ4v) is 6.05. The molecule has 7 nitrogen and oxygen atoms in total. The van der Waals surface area contributed by atoms with Gasteiger partial charge in [-0.05, 0) is 50.1 Å². The van der Waals surface area contributed by atoms with Gasteiger partial charge in [-0.25, -0.2) is 17.1 Å². The number of piperidine rings is 1. The summed E-state index contributed by atoms with van der Waals surface area (Å²) in [6.45, 7) is 3.58. The maximum Gasteiger partial charge on any atom is 0.224 e. The highest BCUT2D eigenvalue weighted by Gasteiger charge is 2.41. The van der Waals surface area contributed by atoms with Crippen molar-refractivity contribution in [2.45, 2.75) is 37.4 Å². The standard InChI is InChI=1S/C20H25FN4O3S/c1-2-24-13-17(11-20(24)26)29(27,28)25-9-7-15(8-10-25)19-12-18(22-23-19)14-3-5-16(21)6-4-14/h3-6,12,15,17H,2,7-11,13H2,1H3,(H,22,23). The Morgan fingerprint density at radius 3 is 2.52 bits per heavy atom. The summed E-state index contributed by atoms with van der Waals surface area (Å²) >= 11 is 0. The van der Waals surface area contributed by atoms with Gasteiger partial charge in [-0.15, -0.1) is 0 Å². The molecular weight excluding hydrogens is 395 g/mol. The smallest absolute Gasteiger partial charge is 0.224 e. The van der Waals surface area contributed by atoms with E-state index in [0.29, 0.717) is 39.0 Å². The van der Waals surface area contributed by atoms with Gasteiger partial charge in [-0.2, -0.15) is 5.10 Å². The second kappa shape index (κ2) is 7.87. The van der Waals surface area contributed by atoms with Crippen molar-refractivity contribution in [3.63, 3.8) is 0 Å². The molecule has 0 radical (unpaired) electrons. The number of sulfonamides is 1. The minimum Gasteiger partial charge on any atom is -0.342 e. The molecule has 3 heterocycles. The van der Waals surface area contributed by atoms with Crippen LogP contribution in [0.25, 0.3) is 11.3 Å². The Labute approximate surface area is 169 Å². The number of rotatable bonds is 5. The molecule has 0 saturated carbocycles. The average molecular weight is 421 g/mol. The van der Waals surface area contributed by atoms with E-state index < -0.39 is 15.3 Å². The van der Waals surface area contributed by atoms with Gasteiger partial charge in [0.2, 0.25) is 15.9 Å². The van der Waals surface area contributed by atoms with E-state index in [-0.39, 0.29) is 24.1 Å². The Morgan fingerprint density at radius 1 is 1.21 bits per heavy atom. The number of nitrogens with one attached hydrogen (secondary N) is 1. The molecule has 2 aromatic rings. The lowest BCUT2D eigenvalue weighted by Gasteiger charge is -2.32. The Morgan fingerprint density at radius 2 is 1.90 bits per heavy atom. The van der Waals surface area contributed by atoms with Crippen LogP contribution >= 0.6 is 0 Å². The molecule has 29 heavy (non-hydrogen) atoms. The Hall–Kier alpha value is -2.26. The first-order valence-corrected chi connectivity index (χ1v) is 11.5. The van der Waals surface area contributed by atoms with Crippen LogP contribution in [0.1, 0.15) is 37.8 Å². The third kappa shape index (κ3) is 3.93.